The molecule has 2 heterocycles. The first-order chi connectivity index (χ1) is 12.2. The van der Waals surface area contributed by atoms with E-state index < -0.39 is 0 Å². The summed E-state index contributed by atoms with van der Waals surface area (Å²) in [6.45, 7) is 4.97. The van der Waals surface area contributed by atoms with E-state index in [0.29, 0.717) is 6.61 Å². The Bertz CT molecular complexity index is 638. The molecule has 0 bridgehead atoms. The average molecular weight is 380 g/mol. The number of likely N-dealkylation sites (tertiary alicyclic amines) is 1. The predicted octanol–water partition coefficient (Wildman–Crippen LogP) is 4.20. The Morgan fingerprint density at radius 2 is 2.04 bits per heavy atom. The van der Waals surface area contributed by atoms with Crippen molar-refractivity contribution < 1.29 is 4.74 Å². The van der Waals surface area contributed by atoms with Gasteiger partial charge in [0.1, 0.15) is 17.4 Å². The SMILES string of the molecule is CNCCC1CCN(Cc2csc(COc3ccc(Cl)cc3)n2)CC1. The molecular formula is C19H26ClN3OS. The number of nitrogens with zero attached hydrogens (tertiary/aromatic N) is 2. The van der Waals surface area contributed by atoms with Gasteiger partial charge in [0.05, 0.1) is 5.69 Å². The quantitative estimate of drug-likeness (QED) is 0.746. The molecule has 1 aromatic heterocycles. The predicted molar refractivity (Wildman–Crippen MR) is 104 cm³/mol. The third-order valence-corrected chi connectivity index (χ3v) is 5.79. The van der Waals surface area contributed by atoms with Crippen LogP contribution in [-0.2, 0) is 13.2 Å². The van der Waals surface area contributed by atoms with Crippen molar-refractivity contribution in [2.45, 2.75) is 32.4 Å². The second kappa shape index (κ2) is 9.53. The molecular weight excluding hydrogens is 354 g/mol. The third kappa shape index (κ3) is 5.96. The number of hydrogen-bond acceptors (Lipinski definition) is 5. The van der Waals surface area contributed by atoms with Crippen LogP contribution in [-0.4, -0.2) is 36.6 Å². The van der Waals surface area contributed by atoms with E-state index in [2.05, 4.69) is 15.6 Å². The smallest absolute Gasteiger partial charge is 0.140 e. The summed E-state index contributed by atoms with van der Waals surface area (Å²) in [5, 5.41) is 7.16. The summed E-state index contributed by atoms with van der Waals surface area (Å²) >= 11 is 7.56. The van der Waals surface area contributed by atoms with Crippen molar-refractivity contribution in [3.63, 3.8) is 0 Å². The minimum atomic E-state index is 0.512. The molecule has 6 heteroatoms. The molecule has 0 amide bonds. The van der Waals surface area contributed by atoms with Crippen molar-refractivity contribution in [2.75, 3.05) is 26.7 Å². The van der Waals surface area contributed by atoms with E-state index in [4.69, 9.17) is 21.3 Å². The average Bonchev–Trinajstić information content (AvgIpc) is 3.08. The second-order valence-electron chi connectivity index (χ2n) is 6.59. The molecule has 0 radical (unpaired) electrons. The van der Waals surface area contributed by atoms with Crippen molar-refractivity contribution in [1.29, 1.82) is 0 Å². The third-order valence-electron chi connectivity index (χ3n) is 4.67. The standard InChI is InChI=1S/C19H26ClN3OS/c1-21-9-6-15-7-10-23(11-8-15)12-17-14-25-19(22-17)13-24-18-4-2-16(20)3-5-18/h2-5,14-15,21H,6-13H2,1H3. The van der Waals surface area contributed by atoms with Gasteiger partial charge < -0.3 is 10.1 Å². The Morgan fingerprint density at radius 3 is 2.76 bits per heavy atom. The molecule has 1 N–H and O–H groups in total. The molecule has 1 saturated heterocycles. The zero-order chi connectivity index (χ0) is 17.5. The lowest BCUT2D eigenvalue weighted by Crippen LogP contribution is -2.34. The summed E-state index contributed by atoms with van der Waals surface area (Å²) in [4.78, 5) is 7.24. The monoisotopic (exact) mass is 379 g/mol. The molecule has 25 heavy (non-hydrogen) atoms. The molecule has 1 fully saturated rings. The topological polar surface area (TPSA) is 37.4 Å². The summed E-state index contributed by atoms with van der Waals surface area (Å²) in [5.74, 6) is 1.70. The van der Waals surface area contributed by atoms with E-state index in [1.165, 1.54) is 32.4 Å². The summed E-state index contributed by atoms with van der Waals surface area (Å²) in [6, 6.07) is 7.44. The van der Waals surface area contributed by atoms with Gasteiger partial charge in [0.15, 0.2) is 0 Å². The van der Waals surface area contributed by atoms with Gasteiger partial charge in [-0.2, -0.15) is 0 Å². The Balaban J connectivity index is 1.42. The molecule has 3 rings (SSSR count). The Labute approximate surface area is 159 Å². The van der Waals surface area contributed by atoms with Crippen LogP contribution in [0.25, 0.3) is 0 Å². The van der Waals surface area contributed by atoms with Gasteiger partial charge in [-0.1, -0.05) is 11.6 Å². The van der Waals surface area contributed by atoms with Gasteiger partial charge in [-0.15, -0.1) is 11.3 Å². The molecule has 1 aliphatic heterocycles. The van der Waals surface area contributed by atoms with E-state index in [9.17, 15) is 0 Å². The van der Waals surface area contributed by atoms with E-state index >= 15 is 0 Å². The molecule has 4 nitrogen and oxygen atoms in total. The maximum absolute atomic E-state index is 5.89. The second-order valence-corrected chi connectivity index (χ2v) is 7.97. The number of ether oxygens (including phenoxy) is 1. The molecule has 136 valence electrons. The highest BCUT2D eigenvalue weighted by Gasteiger charge is 2.19. The first-order valence-electron chi connectivity index (χ1n) is 8.91. The lowest BCUT2D eigenvalue weighted by Gasteiger charge is -2.31. The van der Waals surface area contributed by atoms with Crippen molar-refractivity contribution in [3.05, 3.63) is 45.4 Å². The van der Waals surface area contributed by atoms with Crippen LogP contribution in [0.2, 0.25) is 5.02 Å². The van der Waals surface area contributed by atoms with Crippen molar-refractivity contribution >= 4 is 22.9 Å². The van der Waals surface area contributed by atoms with E-state index in [1.807, 2.05) is 31.3 Å². The zero-order valence-corrected chi connectivity index (χ0v) is 16.3. The number of rotatable bonds is 8. The van der Waals surface area contributed by atoms with Gasteiger partial charge in [-0.25, -0.2) is 4.98 Å². The minimum Gasteiger partial charge on any atom is -0.486 e. The first-order valence-corrected chi connectivity index (χ1v) is 10.2. The Hall–Kier alpha value is -1.14. The number of nitrogens with one attached hydrogen (secondary N) is 1. The van der Waals surface area contributed by atoms with Crippen molar-refractivity contribution in [3.8, 4) is 5.75 Å². The fourth-order valence-electron chi connectivity index (χ4n) is 3.17. The molecule has 0 spiro atoms. The molecule has 0 saturated carbocycles. The van der Waals surface area contributed by atoms with E-state index in [1.54, 1.807) is 11.3 Å². The summed E-state index contributed by atoms with van der Waals surface area (Å²) in [7, 11) is 2.03. The van der Waals surface area contributed by atoms with E-state index in [0.717, 1.165) is 40.5 Å². The van der Waals surface area contributed by atoms with Gasteiger partial charge in [-0.05, 0) is 76.1 Å². The van der Waals surface area contributed by atoms with Crippen LogP contribution in [0.15, 0.2) is 29.6 Å². The fourth-order valence-corrected chi connectivity index (χ4v) is 4.00. The summed E-state index contributed by atoms with van der Waals surface area (Å²) in [5.41, 5.74) is 1.16. The normalized spacial score (nSPS) is 16.2. The first kappa shape index (κ1) is 18.6. The highest BCUT2D eigenvalue weighted by molar-refractivity contribution is 7.09. The van der Waals surface area contributed by atoms with Crippen molar-refractivity contribution in [2.24, 2.45) is 5.92 Å². The maximum Gasteiger partial charge on any atom is 0.140 e. The van der Waals surface area contributed by atoms with Gasteiger partial charge in [0.2, 0.25) is 0 Å². The van der Waals surface area contributed by atoms with Crippen LogP contribution in [0.4, 0.5) is 0 Å². The lowest BCUT2D eigenvalue weighted by molar-refractivity contribution is 0.171. The van der Waals surface area contributed by atoms with Crippen LogP contribution < -0.4 is 10.1 Å². The number of hydrogen-bond donors (Lipinski definition) is 1. The number of halogens is 1. The van der Waals surface area contributed by atoms with E-state index in [-0.39, 0.29) is 0 Å². The lowest BCUT2D eigenvalue weighted by atomic mass is 9.93. The van der Waals surface area contributed by atoms with Gasteiger partial charge >= 0.3 is 0 Å². The van der Waals surface area contributed by atoms with Gasteiger partial charge in [-0.3, -0.25) is 4.90 Å². The molecule has 2 aromatic rings. The Morgan fingerprint density at radius 1 is 1.28 bits per heavy atom. The minimum absolute atomic E-state index is 0.512. The molecule has 1 aliphatic rings. The van der Waals surface area contributed by atoms with Crippen LogP contribution >= 0.6 is 22.9 Å². The number of piperidine rings is 1. The molecule has 0 atom stereocenters. The van der Waals surface area contributed by atoms with Crippen LogP contribution in [0.1, 0.15) is 30.0 Å². The van der Waals surface area contributed by atoms with Gasteiger partial charge in [0, 0.05) is 16.9 Å². The van der Waals surface area contributed by atoms with Crippen molar-refractivity contribution in [1.82, 2.24) is 15.2 Å². The fraction of sp³-hybridized carbons (Fsp3) is 0.526. The number of aromatic nitrogens is 1. The number of benzene rings is 1. The number of thiazole rings is 1. The Kier molecular flexibility index (Phi) is 7.11. The van der Waals surface area contributed by atoms with Gasteiger partial charge in [0.25, 0.3) is 0 Å². The largest absolute Gasteiger partial charge is 0.486 e. The highest BCUT2D eigenvalue weighted by atomic mass is 35.5. The molecule has 1 aromatic carbocycles. The molecule has 0 aliphatic carbocycles. The zero-order valence-electron chi connectivity index (χ0n) is 14.7. The highest BCUT2D eigenvalue weighted by Crippen LogP contribution is 2.22. The summed E-state index contributed by atoms with van der Waals surface area (Å²) < 4.78 is 5.77. The maximum atomic E-state index is 5.89. The van der Waals surface area contributed by atoms with Crippen LogP contribution in [0.5, 0.6) is 5.75 Å². The van der Waals surface area contributed by atoms with Crippen LogP contribution in [0, 0.1) is 5.92 Å². The van der Waals surface area contributed by atoms with Crippen LogP contribution in [0.3, 0.4) is 0 Å². The summed E-state index contributed by atoms with van der Waals surface area (Å²) in [6.07, 6.45) is 3.91. The molecule has 0 unspecified atom stereocenters.